The number of nitrogens with one attached hydrogen (secondary N) is 1. The number of hydrogen-bond acceptors (Lipinski definition) is 6. The lowest BCUT2D eigenvalue weighted by molar-refractivity contribution is -0.120. The highest BCUT2D eigenvalue weighted by Gasteiger charge is 2.17. The van der Waals surface area contributed by atoms with Gasteiger partial charge in [0, 0.05) is 28.5 Å². The van der Waals surface area contributed by atoms with Crippen molar-refractivity contribution in [1.82, 2.24) is 5.32 Å². The van der Waals surface area contributed by atoms with Gasteiger partial charge in [-0.15, -0.1) is 11.3 Å². The van der Waals surface area contributed by atoms with E-state index in [1.165, 1.54) is 4.88 Å². The van der Waals surface area contributed by atoms with Crippen molar-refractivity contribution in [1.29, 1.82) is 0 Å². The molecule has 25 heavy (non-hydrogen) atoms. The monoisotopic (exact) mass is 381 g/mol. The summed E-state index contributed by atoms with van der Waals surface area (Å²) in [6.45, 7) is 0.643. The molecule has 0 saturated heterocycles. The van der Waals surface area contributed by atoms with Crippen molar-refractivity contribution in [3.05, 3.63) is 40.1 Å². The van der Waals surface area contributed by atoms with Crippen LogP contribution in [0.4, 0.5) is 0 Å². The molecule has 2 rings (SSSR count). The highest BCUT2D eigenvalue weighted by atomic mass is 32.2. The van der Waals surface area contributed by atoms with Crippen LogP contribution >= 0.6 is 23.1 Å². The molecule has 1 heterocycles. The Morgan fingerprint density at radius 3 is 2.56 bits per heavy atom. The van der Waals surface area contributed by atoms with Gasteiger partial charge in [0.15, 0.2) is 11.5 Å². The number of benzene rings is 1. The second kappa shape index (κ2) is 10.2. The third-order valence-electron chi connectivity index (χ3n) is 3.53. The van der Waals surface area contributed by atoms with Crippen LogP contribution in [-0.4, -0.2) is 39.5 Å². The van der Waals surface area contributed by atoms with E-state index in [4.69, 9.17) is 14.2 Å². The Hall–Kier alpha value is -1.86. The van der Waals surface area contributed by atoms with Crippen LogP contribution in [-0.2, 0) is 17.0 Å². The maximum absolute atomic E-state index is 12.2. The fourth-order valence-corrected chi connectivity index (χ4v) is 4.07. The summed E-state index contributed by atoms with van der Waals surface area (Å²) >= 11 is 3.57. The zero-order chi connectivity index (χ0) is 18.1. The van der Waals surface area contributed by atoms with Crippen LogP contribution in [0.3, 0.4) is 0 Å². The predicted octanol–water partition coefficient (Wildman–Crippen LogP) is 3.37. The van der Waals surface area contributed by atoms with E-state index in [0.29, 0.717) is 23.8 Å². The van der Waals surface area contributed by atoms with E-state index in [-0.39, 0.29) is 12.3 Å². The van der Waals surface area contributed by atoms with E-state index in [2.05, 4.69) is 22.8 Å². The summed E-state index contributed by atoms with van der Waals surface area (Å²) in [5.74, 6) is 3.44. The maximum Gasteiger partial charge on any atom is 0.224 e. The molecule has 1 amide bonds. The van der Waals surface area contributed by atoms with Gasteiger partial charge in [-0.1, -0.05) is 12.1 Å². The average Bonchev–Trinajstić information content (AvgIpc) is 3.14. The maximum atomic E-state index is 12.2. The summed E-state index contributed by atoms with van der Waals surface area (Å²) in [5.41, 5.74) is 0.767. The smallest absolute Gasteiger partial charge is 0.224 e. The molecule has 0 aliphatic carbocycles. The molecule has 1 N–H and O–H groups in total. The molecule has 136 valence electrons. The molecule has 2 aromatic rings. The van der Waals surface area contributed by atoms with Crippen molar-refractivity contribution in [2.24, 2.45) is 0 Å². The normalized spacial score (nSPS) is 10.4. The molecular formula is C18H23NO4S2. The van der Waals surface area contributed by atoms with Gasteiger partial charge >= 0.3 is 0 Å². The van der Waals surface area contributed by atoms with Gasteiger partial charge in [0.2, 0.25) is 11.7 Å². The van der Waals surface area contributed by atoms with E-state index in [1.54, 1.807) is 38.7 Å². The lowest BCUT2D eigenvalue weighted by Gasteiger charge is -2.15. The molecule has 0 fully saturated rings. The molecule has 1 aromatic heterocycles. The van der Waals surface area contributed by atoms with Crippen LogP contribution in [0.2, 0.25) is 0 Å². The molecular weight excluding hydrogens is 358 g/mol. The minimum absolute atomic E-state index is 0.0396. The third-order valence-corrected chi connectivity index (χ3v) is 5.60. The standard InChI is InChI=1S/C18H23NO4S2/c1-21-15-7-6-13(17(22-2)18(15)23-3)11-16(20)19-8-10-24-12-14-5-4-9-25-14/h4-7,9H,8,10-12H2,1-3H3,(H,19,20). The zero-order valence-corrected chi connectivity index (χ0v) is 16.3. The van der Waals surface area contributed by atoms with Crippen LogP contribution < -0.4 is 19.5 Å². The SMILES string of the molecule is COc1ccc(CC(=O)NCCSCc2cccs2)c(OC)c1OC. The Bertz CT molecular complexity index is 674. The molecule has 5 nitrogen and oxygen atoms in total. The molecule has 7 heteroatoms. The summed E-state index contributed by atoms with van der Waals surface area (Å²) in [4.78, 5) is 13.5. The summed E-state index contributed by atoms with van der Waals surface area (Å²) < 4.78 is 16.0. The first-order valence-electron chi connectivity index (χ1n) is 7.84. The number of methoxy groups -OCH3 is 3. The quantitative estimate of drug-likeness (QED) is 0.640. The van der Waals surface area contributed by atoms with Crippen molar-refractivity contribution < 1.29 is 19.0 Å². The number of thiophene rings is 1. The van der Waals surface area contributed by atoms with Gasteiger partial charge in [-0.05, 0) is 17.5 Å². The van der Waals surface area contributed by atoms with Gasteiger partial charge < -0.3 is 19.5 Å². The summed E-state index contributed by atoms with van der Waals surface area (Å²) in [5, 5.41) is 5.02. The van der Waals surface area contributed by atoms with Crippen molar-refractivity contribution in [3.8, 4) is 17.2 Å². The number of amides is 1. The van der Waals surface area contributed by atoms with Gasteiger partial charge in [-0.2, -0.15) is 11.8 Å². The Labute approximate surface area is 156 Å². The van der Waals surface area contributed by atoms with Gasteiger partial charge in [-0.3, -0.25) is 4.79 Å². The second-order valence-corrected chi connectivity index (χ2v) is 7.29. The van der Waals surface area contributed by atoms with Crippen molar-refractivity contribution in [3.63, 3.8) is 0 Å². The van der Waals surface area contributed by atoms with Crippen molar-refractivity contribution in [2.45, 2.75) is 12.2 Å². The van der Waals surface area contributed by atoms with E-state index in [0.717, 1.165) is 17.1 Å². The second-order valence-electron chi connectivity index (χ2n) is 5.15. The van der Waals surface area contributed by atoms with E-state index in [9.17, 15) is 4.79 Å². The molecule has 0 saturated carbocycles. The molecule has 0 bridgehead atoms. The minimum atomic E-state index is -0.0396. The molecule has 0 atom stereocenters. The molecule has 0 radical (unpaired) electrons. The number of carbonyl (C=O) groups is 1. The predicted molar refractivity (Wildman–Crippen MR) is 103 cm³/mol. The van der Waals surface area contributed by atoms with Gasteiger partial charge in [0.1, 0.15) is 0 Å². The minimum Gasteiger partial charge on any atom is -0.493 e. The fourth-order valence-electron chi connectivity index (χ4n) is 2.37. The summed E-state index contributed by atoms with van der Waals surface area (Å²) in [7, 11) is 4.67. The first kappa shape index (κ1) is 19.5. The molecule has 0 aliphatic heterocycles. The lowest BCUT2D eigenvalue weighted by atomic mass is 10.1. The van der Waals surface area contributed by atoms with Crippen molar-refractivity contribution in [2.75, 3.05) is 33.6 Å². The first-order valence-corrected chi connectivity index (χ1v) is 9.87. The molecule has 0 unspecified atom stereocenters. The van der Waals surface area contributed by atoms with E-state index in [1.807, 2.05) is 17.8 Å². The molecule has 0 spiro atoms. The van der Waals surface area contributed by atoms with Crippen LogP contribution in [0.25, 0.3) is 0 Å². The largest absolute Gasteiger partial charge is 0.493 e. The number of hydrogen-bond donors (Lipinski definition) is 1. The zero-order valence-electron chi connectivity index (χ0n) is 14.7. The Balaban J connectivity index is 1.83. The summed E-state index contributed by atoms with van der Waals surface area (Å²) in [6, 6.07) is 7.78. The van der Waals surface area contributed by atoms with E-state index >= 15 is 0 Å². The van der Waals surface area contributed by atoms with Gasteiger partial charge in [0.05, 0.1) is 27.8 Å². The lowest BCUT2D eigenvalue weighted by Crippen LogP contribution is -2.27. The topological polar surface area (TPSA) is 56.8 Å². The van der Waals surface area contributed by atoms with Gasteiger partial charge in [-0.25, -0.2) is 0 Å². The third kappa shape index (κ3) is 5.57. The number of thioether (sulfide) groups is 1. The highest BCUT2D eigenvalue weighted by Crippen LogP contribution is 2.39. The average molecular weight is 382 g/mol. The van der Waals surface area contributed by atoms with Crippen LogP contribution in [0, 0.1) is 0 Å². The van der Waals surface area contributed by atoms with Crippen LogP contribution in [0.5, 0.6) is 17.2 Å². The molecule has 1 aromatic carbocycles. The Morgan fingerprint density at radius 1 is 1.12 bits per heavy atom. The van der Waals surface area contributed by atoms with Crippen molar-refractivity contribution >= 4 is 29.0 Å². The Morgan fingerprint density at radius 2 is 1.92 bits per heavy atom. The molecule has 0 aliphatic rings. The van der Waals surface area contributed by atoms with Crippen LogP contribution in [0.15, 0.2) is 29.6 Å². The Kier molecular flexibility index (Phi) is 7.94. The summed E-state index contributed by atoms with van der Waals surface area (Å²) in [6.07, 6.45) is 0.235. The van der Waals surface area contributed by atoms with Gasteiger partial charge in [0.25, 0.3) is 0 Å². The first-order chi connectivity index (χ1) is 12.2. The number of ether oxygens (including phenoxy) is 3. The van der Waals surface area contributed by atoms with Crippen LogP contribution in [0.1, 0.15) is 10.4 Å². The highest BCUT2D eigenvalue weighted by molar-refractivity contribution is 7.98. The number of rotatable bonds is 10. The fraction of sp³-hybridized carbons (Fsp3) is 0.389. The number of carbonyl (C=O) groups excluding carboxylic acids is 1. The van der Waals surface area contributed by atoms with E-state index < -0.39 is 0 Å².